The van der Waals surface area contributed by atoms with Crippen LogP contribution >= 0.6 is 0 Å². The van der Waals surface area contributed by atoms with Gasteiger partial charge in [0, 0.05) is 44.4 Å². The number of aromatic nitrogens is 2. The number of benzene rings is 7. The van der Waals surface area contributed by atoms with E-state index in [1.807, 2.05) is 12.1 Å². The van der Waals surface area contributed by atoms with E-state index in [0.717, 1.165) is 77.3 Å². The summed E-state index contributed by atoms with van der Waals surface area (Å²) in [5, 5.41) is 6.93. The molecule has 4 heteroatoms. The first-order valence-corrected chi connectivity index (χ1v) is 16.1. The second kappa shape index (κ2) is 9.96. The second-order valence-corrected chi connectivity index (χ2v) is 12.6. The van der Waals surface area contributed by atoms with Crippen molar-refractivity contribution in [1.82, 2.24) is 9.13 Å². The number of hydrogen-bond acceptors (Lipinski definition) is 1. The maximum absolute atomic E-state index is 7.55. The van der Waals surface area contributed by atoms with Crippen LogP contribution in [0.1, 0.15) is 5.56 Å². The van der Waals surface area contributed by atoms with Gasteiger partial charge in [0.1, 0.15) is 11.2 Å². The molecular weight excluding hydrogens is 587 g/mol. The molecule has 7 aromatic carbocycles. The molecule has 0 spiro atoms. The maximum atomic E-state index is 7.55. The summed E-state index contributed by atoms with van der Waals surface area (Å²) >= 11 is 0. The molecule has 0 aliphatic carbocycles. The molecule has 0 saturated heterocycles. The molecule has 224 valence electrons. The molecule has 10 aromatic rings. The minimum atomic E-state index is 0.652. The van der Waals surface area contributed by atoms with E-state index in [0.29, 0.717) is 5.69 Å². The van der Waals surface area contributed by atoms with Gasteiger partial charge >= 0.3 is 0 Å². The molecule has 0 aliphatic rings. The summed E-state index contributed by atoms with van der Waals surface area (Å²) in [4.78, 5) is 3.69. The Morgan fingerprint density at radius 1 is 0.458 bits per heavy atom. The third kappa shape index (κ3) is 3.82. The summed E-state index contributed by atoms with van der Waals surface area (Å²) in [6, 6.07) is 51.6. The number of furan rings is 1. The maximum Gasteiger partial charge on any atom is 0.188 e. The Kier molecular flexibility index (Phi) is 5.53. The van der Waals surface area contributed by atoms with Crippen molar-refractivity contribution in [1.29, 1.82) is 0 Å². The highest BCUT2D eigenvalue weighted by atomic mass is 16.3. The van der Waals surface area contributed by atoms with Gasteiger partial charge in [0.05, 0.1) is 28.6 Å². The van der Waals surface area contributed by atoms with Crippen LogP contribution in [0.25, 0.3) is 92.9 Å². The predicted octanol–water partition coefficient (Wildman–Crippen LogP) is 12.3. The van der Waals surface area contributed by atoms with Gasteiger partial charge in [0.25, 0.3) is 0 Å². The van der Waals surface area contributed by atoms with Gasteiger partial charge in [-0.05, 0) is 95.7 Å². The van der Waals surface area contributed by atoms with Crippen molar-refractivity contribution < 1.29 is 4.42 Å². The van der Waals surface area contributed by atoms with Crippen molar-refractivity contribution in [2.24, 2.45) is 0 Å². The first-order valence-electron chi connectivity index (χ1n) is 16.1. The van der Waals surface area contributed by atoms with Crippen LogP contribution < -0.4 is 0 Å². The summed E-state index contributed by atoms with van der Waals surface area (Å²) in [5.41, 5.74) is 12.7. The molecule has 4 nitrogen and oxygen atoms in total. The van der Waals surface area contributed by atoms with Crippen molar-refractivity contribution in [3.63, 3.8) is 0 Å². The lowest BCUT2D eigenvalue weighted by Crippen LogP contribution is -1.94. The zero-order chi connectivity index (χ0) is 31.9. The molecule has 0 N–H and O–H groups in total. The van der Waals surface area contributed by atoms with Gasteiger partial charge in [0.15, 0.2) is 5.69 Å². The third-order valence-corrected chi connectivity index (χ3v) is 9.77. The molecule has 0 fully saturated rings. The molecule has 0 unspecified atom stereocenters. The van der Waals surface area contributed by atoms with Gasteiger partial charge < -0.3 is 13.6 Å². The number of aryl methyl sites for hydroxylation is 1. The fourth-order valence-electron chi connectivity index (χ4n) is 7.58. The molecule has 3 aromatic heterocycles. The van der Waals surface area contributed by atoms with Gasteiger partial charge in [-0.15, -0.1) is 0 Å². The molecule has 10 rings (SSSR count). The zero-order valence-electron chi connectivity index (χ0n) is 26.1. The van der Waals surface area contributed by atoms with Crippen LogP contribution in [0.3, 0.4) is 0 Å². The smallest absolute Gasteiger partial charge is 0.188 e. The minimum Gasteiger partial charge on any atom is -0.456 e. The average Bonchev–Trinajstić information content (AvgIpc) is 3.77. The van der Waals surface area contributed by atoms with Crippen LogP contribution in [0, 0.1) is 13.5 Å². The normalized spacial score (nSPS) is 11.8. The predicted molar refractivity (Wildman–Crippen MR) is 199 cm³/mol. The van der Waals surface area contributed by atoms with Crippen LogP contribution in [0.2, 0.25) is 0 Å². The van der Waals surface area contributed by atoms with Crippen molar-refractivity contribution in [3.8, 4) is 22.5 Å². The molecule has 0 amide bonds. The van der Waals surface area contributed by atoms with Gasteiger partial charge in [0.2, 0.25) is 0 Å². The van der Waals surface area contributed by atoms with Crippen molar-refractivity contribution in [2.75, 3.05) is 0 Å². The first-order chi connectivity index (χ1) is 23.6. The molecule has 0 atom stereocenters. The third-order valence-electron chi connectivity index (χ3n) is 9.77. The summed E-state index contributed by atoms with van der Waals surface area (Å²) in [7, 11) is 0. The highest BCUT2D eigenvalue weighted by Gasteiger charge is 2.17. The number of fused-ring (bicyclic) bond motifs is 9. The minimum absolute atomic E-state index is 0.652. The topological polar surface area (TPSA) is 27.4 Å². The van der Waals surface area contributed by atoms with Crippen LogP contribution in [-0.2, 0) is 0 Å². The first kappa shape index (κ1) is 26.6. The summed E-state index contributed by atoms with van der Waals surface area (Å²) < 4.78 is 11.0. The fourth-order valence-corrected chi connectivity index (χ4v) is 7.58. The van der Waals surface area contributed by atoms with Crippen LogP contribution in [-0.4, -0.2) is 9.13 Å². The average molecular weight is 614 g/mol. The van der Waals surface area contributed by atoms with E-state index in [1.54, 1.807) is 0 Å². The largest absolute Gasteiger partial charge is 0.456 e. The summed E-state index contributed by atoms with van der Waals surface area (Å²) in [6.07, 6.45) is 0. The molecule has 48 heavy (non-hydrogen) atoms. The Balaban J connectivity index is 1.14. The lowest BCUT2D eigenvalue weighted by Gasteiger charge is -2.11. The standard InChI is InChI=1S/C44H27N3O/c1-27-14-18-35-36-19-17-32(26-44(36)48-43(35)22-27)47-39-12-5-3-10-33(39)37-24-29(15-20-41(37)47)28-8-7-9-31(23-28)46-40-13-6-4-11-34(40)38-25-30(45-2)16-21-42(38)46/h3-26H,1H3. The van der Waals surface area contributed by atoms with E-state index >= 15 is 0 Å². The fraction of sp³-hybridized carbons (Fsp3) is 0.0227. The molecule has 3 heterocycles. The molecule has 0 bridgehead atoms. The number of hydrogen-bond donors (Lipinski definition) is 0. The van der Waals surface area contributed by atoms with Crippen molar-refractivity contribution in [3.05, 3.63) is 163 Å². The van der Waals surface area contributed by atoms with Crippen molar-refractivity contribution >= 4 is 71.2 Å². The molecule has 0 saturated carbocycles. The Hall–Kier alpha value is -6.57. The van der Waals surface area contributed by atoms with E-state index in [9.17, 15) is 0 Å². The molecule has 0 aliphatic heterocycles. The van der Waals surface area contributed by atoms with Gasteiger partial charge in [-0.1, -0.05) is 72.8 Å². The van der Waals surface area contributed by atoms with Crippen LogP contribution in [0.4, 0.5) is 5.69 Å². The Morgan fingerprint density at radius 3 is 1.81 bits per heavy atom. The highest BCUT2D eigenvalue weighted by molar-refractivity contribution is 6.12. The van der Waals surface area contributed by atoms with Crippen molar-refractivity contribution in [2.45, 2.75) is 6.92 Å². The van der Waals surface area contributed by atoms with Crippen LogP contribution in [0.5, 0.6) is 0 Å². The van der Waals surface area contributed by atoms with E-state index in [1.165, 1.54) is 16.3 Å². The van der Waals surface area contributed by atoms with E-state index in [4.69, 9.17) is 11.0 Å². The second-order valence-electron chi connectivity index (χ2n) is 12.6. The Labute approximate surface area is 276 Å². The quantitative estimate of drug-likeness (QED) is 0.182. The molecular formula is C44H27N3O. The highest BCUT2D eigenvalue weighted by Crippen LogP contribution is 2.39. The van der Waals surface area contributed by atoms with Crippen LogP contribution in [0.15, 0.2) is 150 Å². The van der Waals surface area contributed by atoms with Gasteiger partial charge in [-0.25, -0.2) is 4.85 Å². The van der Waals surface area contributed by atoms with E-state index in [2.05, 4.69) is 154 Å². The lowest BCUT2D eigenvalue weighted by atomic mass is 10.0. The SMILES string of the molecule is [C-]#[N+]c1ccc2c(c1)c1ccccc1n2-c1cccc(-c2ccc3c(c2)c2ccccc2n3-c2ccc3c(c2)oc2cc(C)ccc23)c1. The lowest BCUT2D eigenvalue weighted by molar-refractivity contribution is 0.668. The summed E-state index contributed by atoms with van der Waals surface area (Å²) in [6.45, 7) is 9.65. The van der Waals surface area contributed by atoms with E-state index < -0.39 is 0 Å². The zero-order valence-corrected chi connectivity index (χ0v) is 26.1. The Morgan fingerprint density at radius 2 is 1.06 bits per heavy atom. The number of para-hydroxylation sites is 2. The van der Waals surface area contributed by atoms with E-state index in [-0.39, 0.29) is 0 Å². The number of rotatable bonds is 3. The number of nitrogens with zero attached hydrogens (tertiary/aromatic N) is 3. The summed E-state index contributed by atoms with van der Waals surface area (Å²) in [5.74, 6) is 0. The monoisotopic (exact) mass is 613 g/mol. The molecule has 0 radical (unpaired) electrons. The van der Waals surface area contributed by atoms with Gasteiger partial charge in [-0.2, -0.15) is 0 Å². The van der Waals surface area contributed by atoms with Gasteiger partial charge in [-0.3, -0.25) is 0 Å². The Bertz CT molecular complexity index is 2980.